The van der Waals surface area contributed by atoms with Gasteiger partial charge in [-0.05, 0) is 24.0 Å². The molecule has 0 saturated carbocycles. The van der Waals surface area contributed by atoms with Gasteiger partial charge in [0, 0.05) is 58.7 Å². The molecular weight excluding hydrogens is 481 g/mol. The van der Waals surface area contributed by atoms with E-state index in [0.29, 0.717) is 25.9 Å². The zero-order valence-electron chi connectivity index (χ0n) is 17.3. The van der Waals surface area contributed by atoms with Gasteiger partial charge in [0.05, 0.1) is 0 Å². The first-order valence-corrected chi connectivity index (χ1v) is 10.2. The van der Waals surface area contributed by atoms with Gasteiger partial charge in [0.2, 0.25) is 11.8 Å². The zero-order valence-corrected chi connectivity index (χ0v) is 19.6. The van der Waals surface area contributed by atoms with Crippen molar-refractivity contribution in [2.45, 2.75) is 51.7 Å². The van der Waals surface area contributed by atoms with E-state index in [2.05, 4.69) is 39.9 Å². The number of nitrogens with zero attached hydrogens (tertiary/aromatic N) is 3. The summed E-state index contributed by atoms with van der Waals surface area (Å²) in [6.45, 7) is 5.68. The van der Waals surface area contributed by atoms with Gasteiger partial charge in [-0.3, -0.25) is 14.6 Å². The van der Waals surface area contributed by atoms with Crippen molar-refractivity contribution in [1.29, 1.82) is 0 Å². The lowest BCUT2D eigenvalue weighted by molar-refractivity contribution is -0.130. The van der Waals surface area contributed by atoms with Crippen LogP contribution < -0.4 is 10.6 Å². The molecule has 2 amide bonds. The molecule has 1 aromatic carbocycles. The molecule has 2 heterocycles. The molecule has 8 heteroatoms. The monoisotopic (exact) mass is 513 g/mol. The number of carbonyl (C=O) groups is 2. The normalized spacial score (nSPS) is 19.3. The molecule has 1 atom stereocenters. The third-order valence-electron chi connectivity index (χ3n) is 5.44. The summed E-state index contributed by atoms with van der Waals surface area (Å²) in [5.41, 5.74) is 2.32. The predicted molar refractivity (Wildman–Crippen MR) is 125 cm³/mol. The van der Waals surface area contributed by atoms with Gasteiger partial charge in [0.1, 0.15) is 0 Å². The molecule has 2 aliphatic rings. The number of hydrogen-bond donors (Lipinski definition) is 2. The van der Waals surface area contributed by atoms with Crippen LogP contribution in [0.3, 0.4) is 0 Å². The molecule has 0 spiro atoms. The van der Waals surface area contributed by atoms with E-state index in [9.17, 15) is 9.59 Å². The Morgan fingerprint density at radius 3 is 2.55 bits per heavy atom. The van der Waals surface area contributed by atoms with Gasteiger partial charge in [-0.15, -0.1) is 24.0 Å². The number of hydrogen-bond acceptors (Lipinski definition) is 3. The van der Waals surface area contributed by atoms with Gasteiger partial charge in [-0.1, -0.05) is 31.2 Å². The van der Waals surface area contributed by atoms with Gasteiger partial charge in [0.15, 0.2) is 5.96 Å². The summed E-state index contributed by atoms with van der Waals surface area (Å²) in [6.07, 6.45) is 3.15. The zero-order chi connectivity index (χ0) is 19.9. The van der Waals surface area contributed by atoms with Gasteiger partial charge in [0.25, 0.3) is 0 Å². The number of carbonyl (C=O) groups excluding carboxylic acids is 2. The standard InChI is InChI=1S/C21H31N5O2.HI/c1-3-19(27)26-12-10-18(15-26)24-21(22-2)23-13-16-6-8-17(9-7-16)14-25-11-4-5-20(25)28;/h6-9,18H,3-5,10-15H2,1-2H3,(H2,22,23,24);1H. The van der Waals surface area contributed by atoms with Crippen molar-refractivity contribution in [2.75, 3.05) is 26.7 Å². The van der Waals surface area contributed by atoms with E-state index in [1.54, 1.807) is 7.05 Å². The molecule has 0 aromatic heterocycles. The highest BCUT2D eigenvalue weighted by molar-refractivity contribution is 14.0. The second kappa shape index (κ2) is 11.4. The molecule has 0 bridgehead atoms. The highest BCUT2D eigenvalue weighted by Gasteiger charge is 2.25. The third-order valence-corrected chi connectivity index (χ3v) is 5.44. The van der Waals surface area contributed by atoms with Crippen LogP contribution in [0.15, 0.2) is 29.3 Å². The van der Waals surface area contributed by atoms with Crippen LogP contribution in [0, 0.1) is 0 Å². The Bertz CT molecular complexity index is 722. The minimum Gasteiger partial charge on any atom is -0.352 e. The molecule has 1 unspecified atom stereocenters. The van der Waals surface area contributed by atoms with Gasteiger partial charge >= 0.3 is 0 Å². The van der Waals surface area contributed by atoms with E-state index in [4.69, 9.17) is 0 Å². The van der Waals surface area contributed by atoms with Gasteiger partial charge in [-0.2, -0.15) is 0 Å². The topological polar surface area (TPSA) is 77.0 Å². The number of aliphatic imine (C=N–C) groups is 1. The van der Waals surface area contributed by atoms with Crippen LogP contribution in [-0.2, 0) is 22.7 Å². The van der Waals surface area contributed by atoms with Crippen molar-refractivity contribution in [3.05, 3.63) is 35.4 Å². The number of nitrogens with one attached hydrogen (secondary N) is 2. The van der Waals surface area contributed by atoms with Gasteiger partial charge < -0.3 is 20.4 Å². The molecule has 1 aromatic rings. The SMILES string of the molecule is CCC(=O)N1CCC(NC(=NC)NCc2ccc(CN3CCCC3=O)cc2)C1.I. The van der Waals surface area contributed by atoms with E-state index < -0.39 is 0 Å². The van der Waals surface area contributed by atoms with Crippen LogP contribution in [-0.4, -0.2) is 60.3 Å². The maximum Gasteiger partial charge on any atom is 0.222 e. The highest BCUT2D eigenvalue weighted by atomic mass is 127. The summed E-state index contributed by atoms with van der Waals surface area (Å²) < 4.78 is 0. The first-order valence-electron chi connectivity index (χ1n) is 10.2. The molecule has 0 aliphatic carbocycles. The van der Waals surface area contributed by atoms with Crippen molar-refractivity contribution >= 4 is 41.8 Å². The van der Waals surface area contributed by atoms with Gasteiger partial charge in [-0.25, -0.2) is 0 Å². The number of amides is 2. The fourth-order valence-corrected chi connectivity index (χ4v) is 3.76. The van der Waals surface area contributed by atoms with Crippen LogP contribution in [0.25, 0.3) is 0 Å². The summed E-state index contributed by atoms with van der Waals surface area (Å²) in [7, 11) is 1.76. The second-order valence-electron chi connectivity index (χ2n) is 7.48. The summed E-state index contributed by atoms with van der Waals surface area (Å²) in [6, 6.07) is 8.59. The smallest absolute Gasteiger partial charge is 0.222 e. The minimum atomic E-state index is 0. The first-order chi connectivity index (χ1) is 13.6. The van der Waals surface area contributed by atoms with Crippen LogP contribution in [0.4, 0.5) is 0 Å². The van der Waals surface area contributed by atoms with E-state index >= 15 is 0 Å². The lowest BCUT2D eigenvalue weighted by Gasteiger charge is -2.19. The first kappa shape index (κ1) is 23.4. The molecule has 160 valence electrons. The number of benzene rings is 1. The quantitative estimate of drug-likeness (QED) is 0.347. The summed E-state index contributed by atoms with van der Waals surface area (Å²) >= 11 is 0. The largest absolute Gasteiger partial charge is 0.352 e. The minimum absolute atomic E-state index is 0. The predicted octanol–water partition coefficient (Wildman–Crippen LogP) is 2.10. The van der Waals surface area contributed by atoms with Crippen molar-refractivity contribution in [2.24, 2.45) is 4.99 Å². The van der Waals surface area contributed by atoms with E-state index in [1.807, 2.05) is 16.7 Å². The van der Waals surface area contributed by atoms with Crippen molar-refractivity contribution in [3.63, 3.8) is 0 Å². The Balaban J connectivity index is 0.00000300. The molecule has 29 heavy (non-hydrogen) atoms. The second-order valence-corrected chi connectivity index (χ2v) is 7.48. The number of halogens is 1. The molecular formula is C21H32IN5O2. The van der Waals surface area contributed by atoms with Crippen LogP contribution in [0.5, 0.6) is 0 Å². The third kappa shape index (κ3) is 6.58. The average molecular weight is 513 g/mol. The van der Waals surface area contributed by atoms with Crippen molar-refractivity contribution < 1.29 is 9.59 Å². The highest BCUT2D eigenvalue weighted by Crippen LogP contribution is 2.15. The van der Waals surface area contributed by atoms with Crippen molar-refractivity contribution in [1.82, 2.24) is 20.4 Å². The molecule has 2 fully saturated rings. The number of guanidine groups is 1. The molecule has 2 aliphatic heterocycles. The fraction of sp³-hybridized carbons (Fsp3) is 0.571. The summed E-state index contributed by atoms with van der Waals surface area (Å²) in [4.78, 5) is 31.7. The summed E-state index contributed by atoms with van der Waals surface area (Å²) in [5.74, 6) is 1.22. The molecule has 7 nitrogen and oxygen atoms in total. The molecule has 3 rings (SSSR count). The van der Waals surface area contributed by atoms with E-state index in [0.717, 1.165) is 49.6 Å². The lowest BCUT2D eigenvalue weighted by Crippen LogP contribution is -2.44. The lowest BCUT2D eigenvalue weighted by atomic mass is 10.1. The van der Waals surface area contributed by atoms with E-state index in [1.165, 1.54) is 0 Å². The maximum absolute atomic E-state index is 11.8. The average Bonchev–Trinajstić information content (AvgIpc) is 3.35. The van der Waals surface area contributed by atoms with Crippen molar-refractivity contribution in [3.8, 4) is 0 Å². The van der Waals surface area contributed by atoms with Crippen LogP contribution >= 0.6 is 24.0 Å². The Morgan fingerprint density at radius 1 is 1.21 bits per heavy atom. The Morgan fingerprint density at radius 2 is 1.93 bits per heavy atom. The fourth-order valence-electron chi connectivity index (χ4n) is 3.76. The molecule has 2 N–H and O–H groups in total. The Hall–Kier alpha value is -1.84. The Labute approximate surface area is 190 Å². The summed E-state index contributed by atoms with van der Waals surface area (Å²) in [5, 5.41) is 6.75. The van der Waals surface area contributed by atoms with Crippen LogP contribution in [0.1, 0.15) is 43.7 Å². The number of likely N-dealkylation sites (tertiary alicyclic amines) is 2. The molecule has 2 saturated heterocycles. The van der Waals surface area contributed by atoms with E-state index in [-0.39, 0.29) is 41.8 Å². The molecule has 0 radical (unpaired) electrons. The Kier molecular flexibility index (Phi) is 9.19. The van der Waals surface area contributed by atoms with Crippen LogP contribution in [0.2, 0.25) is 0 Å². The number of rotatable bonds is 6. The maximum atomic E-state index is 11.8.